The van der Waals surface area contributed by atoms with Crippen molar-refractivity contribution in [3.05, 3.63) is 77.2 Å². The fraction of sp³-hybridized carbons (Fsp3) is 0.100. The van der Waals surface area contributed by atoms with Crippen molar-refractivity contribution in [2.24, 2.45) is 0 Å². The summed E-state index contributed by atoms with van der Waals surface area (Å²) in [5.41, 5.74) is 0.832. The first-order chi connectivity index (χ1) is 12.6. The molecule has 0 saturated carbocycles. The Hall–Kier alpha value is -3.54. The lowest BCUT2D eigenvalue weighted by Crippen LogP contribution is -2.08. The molecule has 0 bridgehead atoms. The van der Waals surface area contributed by atoms with E-state index in [0.29, 0.717) is 11.3 Å². The Bertz CT molecular complexity index is 924. The molecule has 1 heterocycles. The van der Waals surface area contributed by atoms with Crippen LogP contribution in [0.2, 0.25) is 0 Å². The summed E-state index contributed by atoms with van der Waals surface area (Å²) in [6, 6.07) is 15.4. The van der Waals surface area contributed by atoms with Crippen LogP contribution in [-0.2, 0) is 19.1 Å². The van der Waals surface area contributed by atoms with Crippen LogP contribution in [-0.4, -0.2) is 31.3 Å². The zero-order valence-corrected chi connectivity index (χ0v) is 14.2. The van der Waals surface area contributed by atoms with Crippen molar-refractivity contribution < 1.29 is 28.9 Å². The molecule has 6 nitrogen and oxygen atoms in total. The number of aliphatic carboxylic acids is 1. The molecule has 1 N–H and O–H groups in total. The van der Waals surface area contributed by atoms with E-state index in [0.717, 1.165) is 0 Å². The van der Waals surface area contributed by atoms with Gasteiger partial charge in [0.15, 0.2) is 11.5 Å². The molecule has 0 fully saturated rings. The quantitative estimate of drug-likeness (QED) is 0.658. The van der Waals surface area contributed by atoms with Gasteiger partial charge in [-0.1, -0.05) is 48.5 Å². The zero-order chi connectivity index (χ0) is 18.7. The van der Waals surface area contributed by atoms with E-state index >= 15 is 0 Å². The van der Waals surface area contributed by atoms with Crippen LogP contribution < -0.4 is 4.74 Å². The molecule has 2 aromatic carbocycles. The second-order valence-corrected chi connectivity index (χ2v) is 5.37. The molecule has 1 aliphatic heterocycles. The molecule has 6 heteroatoms. The Morgan fingerprint density at radius 2 is 1.62 bits per heavy atom. The van der Waals surface area contributed by atoms with E-state index < -0.39 is 11.9 Å². The third kappa shape index (κ3) is 2.93. The van der Waals surface area contributed by atoms with E-state index in [1.165, 1.54) is 14.2 Å². The highest BCUT2D eigenvalue weighted by Crippen LogP contribution is 2.39. The number of carboxylic acid groups (broad SMARTS) is 1. The zero-order valence-electron chi connectivity index (χ0n) is 14.2. The van der Waals surface area contributed by atoms with Gasteiger partial charge in [0.25, 0.3) is 0 Å². The minimum atomic E-state index is -1.26. The Labute approximate surface area is 149 Å². The maximum atomic E-state index is 12.4. The predicted octanol–water partition coefficient (Wildman–Crippen LogP) is 3.11. The fourth-order valence-electron chi connectivity index (χ4n) is 2.80. The molecule has 132 valence electrons. The molecule has 0 amide bonds. The van der Waals surface area contributed by atoms with Gasteiger partial charge in [-0.3, -0.25) is 0 Å². The lowest BCUT2D eigenvalue weighted by Gasteiger charge is -2.12. The van der Waals surface area contributed by atoms with Crippen LogP contribution in [0.25, 0.3) is 11.1 Å². The first kappa shape index (κ1) is 17.3. The summed E-state index contributed by atoms with van der Waals surface area (Å²) in [5.74, 6) is -1.66. The third-order valence-electron chi connectivity index (χ3n) is 3.92. The topological polar surface area (TPSA) is 82.1 Å². The number of hydrogen-bond acceptors (Lipinski definition) is 5. The van der Waals surface area contributed by atoms with E-state index in [2.05, 4.69) is 0 Å². The second kappa shape index (κ2) is 7.14. The Morgan fingerprint density at radius 1 is 0.962 bits per heavy atom. The summed E-state index contributed by atoms with van der Waals surface area (Å²) in [4.78, 5) is 24.4. The fourth-order valence-corrected chi connectivity index (χ4v) is 2.80. The van der Waals surface area contributed by atoms with Crippen LogP contribution in [0.1, 0.15) is 11.1 Å². The lowest BCUT2D eigenvalue weighted by molar-refractivity contribution is -0.131. The van der Waals surface area contributed by atoms with Crippen LogP contribution in [0.5, 0.6) is 5.75 Å². The van der Waals surface area contributed by atoms with Gasteiger partial charge in [0, 0.05) is 5.56 Å². The smallest absolute Gasteiger partial charge is 0.348 e. The molecule has 0 spiro atoms. The number of carbonyl (C=O) groups excluding carboxylic acids is 1. The van der Waals surface area contributed by atoms with Crippen molar-refractivity contribution >= 4 is 23.1 Å². The predicted molar refractivity (Wildman–Crippen MR) is 94.0 cm³/mol. The lowest BCUT2D eigenvalue weighted by atomic mass is 10.0. The van der Waals surface area contributed by atoms with Gasteiger partial charge < -0.3 is 19.3 Å². The average Bonchev–Trinajstić information content (AvgIpc) is 2.98. The molecule has 26 heavy (non-hydrogen) atoms. The molecule has 0 unspecified atom stereocenters. The number of ether oxygens (including phenoxy) is 3. The Kier molecular flexibility index (Phi) is 4.75. The number of rotatable bonds is 5. The maximum absolute atomic E-state index is 12.4. The van der Waals surface area contributed by atoms with E-state index in [1.54, 1.807) is 48.5 Å². The molecule has 1 aliphatic rings. The number of hydrogen-bond donors (Lipinski definition) is 1. The van der Waals surface area contributed by atoms with Crippen LogP contribution in [0.3, 0.4) is 0 Å². The minimum absolute atomic E-state index is 0.0736. The van der Waals surface area contributed by atoms with Crippen LogP contribution >= 0.6 is 0 Å². The number of methoxy groups -OCH3 is 2. The van der Waals surface area contributed by atoms with Crippen molar-refractivity contribution in [1.82, 2.24) is 0 Å². The number of benzene rings is 2. The van der Waals surface area contributed by atoms with Crippen LogP contribution in [0, 0.1) is 0 Å². The molecular weight excluding hydrogens is 336 g/mol. The van der Waals surface area contributed by atoms with Gasteiger partial charge in [0.1, 0.15) is 16.9 Å². The number of cyclic esters (lactones) is 1. The van der Waals surface area contributed by atoms with Crippen molar-refractivity contribution in [2.45, 2.75) is 0 Å². The number of para-hydroxylation sites is 1. The SMILES string of the molecule is COC1=C(c2ccccc2)C(=O)O/C1=C(\C(=O)O)c1ccccc1OC. The molecular formula is C20H16O6. The largest absolute Gasteiger partial charge is 0.496 e. The number of carboxylic acids is 1. The summed E-state index contributed by atoms with van der Waals surface area (Å²) in [6.07, 6.45) is 0. The number of esters is 1. The molecule has 0 saturated heterocycles. The Balaban J connectivity index is 2.29. The van der Waals surface area contributed by atoms with E-state index in [1.807, 2.05) is 6.07 Å². The van der Waals surface area contributed by atoms with Gasteiger partial charge in [0.2, 0.25) is 0 Å². The molecule has 0 radical (unpaired) electrons. The first-order valence-electron chi connectivity index (χ1n) is 7.75. The average molecular weight is 352 g/mol. The van der Waals surface area contributed by atoms with Gasteiger partial charge in [-0.25, -0.2) is 9.59 Å². The highest BCUT2D eigenvalue weighted by molar-refractivity contribution is 6.25. The Morgan fingerprint density at radius 3 is 2.23 bits per heavy atom. The summed E-state index contributed by atoms with van der Waals surface area (Å²) in [6.45, 7) is 0. The molecule has 3 rings (SSSR count). The van der Waals surface area contributed by atoms with Gasteiger partial charge in [0.05, 0.1) is 14.2 Å². The highest BCUT2D eigenvalue weighted by atomic mass is 16.6. The summed E-state index contributed by atoms with van der Waals surface area (Å²) < 4.78 is 15.9. The van der Waals surface area contributed by atoms with Crippen molar-refractivity contribution in [2.75, 3.05) is 14.2 Å². The minimum Gasteiger partial charge on any atom is -0.496 e. The van der Waals surface area contributed by atoms with Crippen molar-refractivity contribution in [3.63, 3.8) is 0 Å². The number of carbonyl (C=O) groups is 2. The molecule has 0 atom stereocenters. The monoisotopic (exact) mass is 352 g/mol. The molecule has 0 aromatic heterocycles. The summed E-state index contributed by atoms with van der Waals surface area (Å²) >= 11 is 0. The van der Waals surface area contributed by atoms with Gasteiger partial charge in [-0.2, -0.15) is 0 Å². The maximum Gasteiger partial charge on any atom is 0.348 e. The van der Waals surface area contributed by atoms with E-state index in [9.17, 15) is 14.7 Å². The van der Waals surface area contributed by atoms with Crippen molar-refractivity contribution in [3.8, 4) is 5.75 Å². The summed E-state index contributed by atoms with van der Waals surface area (Å²) in [7, 11) is 2.80. The van der Waals surface area contributed by atoms with E-state index in [4.69, 9.17) is 14.2 Å². The van der Waals surface area contributed by atoms with Gasteiger partial charge >= 0.3 is 11.9 Å². The van der Waals surface area contributed by atoms with Crippen LogP contribution in [0.15, 0.2) is 66.1 Å². The van der Waals surface area contributed by atoms with Crippen LogP contribution in [0.4, 0.5) is 0 Å². The van der Waals surface area contributed by atoms with E-state index in [-0.39, 0.29) is 28.2 Å². The third-order valence-corrected chi connectivity index (χ3v) is 3.92. The summed E-state index contributed by atoms with van der Waals surface area (Å²) in [5, 5.41) is 9.78. The normalized spacial score (nSPS) is 15.5. The highest BCUT2D eigenvalue weighted by Gasteiger charge is 2.37. The van der Waals surface area contributed by atoms with Gasteiger partial charge in [-0.05, 0) is 11.6 Å². The second-order valence-electron chi connectivity index (χ2n) is 5.37. The molecule has 0 aliphatic carbocycles. The van der Waals surface area contributed by atoms with Gasteiger partial charge in [-0.15, -0.1) is 0 Å². The first-order valence-corrected chi connectivity index (χ1v) is 7.75. The van der Waals surface area contributed by atoms with Crippen molar-refractivity contribution in [1.29, 1.82) is 0 Å². The standard InChI is InChI=1S/C20H16O6/c1-24-14-11-7-6-10-13(14)16(19(21)22)18-17(25-2)15(20(23)26-18)12-8-4-3-5-9-12/h3-11H,1-2H3,(H,21,22)/b18-16-. The molecule has 2 aromatic rings.